The number of carbonyl (C=O) groups is 2. The summed E-state index contributed by atoms with van der Waals surface area (Å²) >= 11 is 0.962. The molecule has 0 saturated heterocycles. The zero-order valence-electron chi connectivity index (χ0n) is 14.3. The maximum absolute atomic E-state index is 12.2. The summed E-state index contributed by atoms with van der Waals surface area (Å²) in [6, 6.07) is 4.83. The van der Waals surface area contributed by atoms with E-state index in [2.05, 4.69) is 27.4 Å². The van der Waals surface area contributed by atoms with Crippen LogP contribution in [0.15, 0.2) is 18.2 Å². The van der Waals surface area contributed by atoms with Gasteiger partial charge >= 0.3 is 0 Å². The van der Waals surface area contributed by atoms with Crippen molar-refractivity contribution in [1.29, 1.82) is 0 Å². The molecule has 134 valence electrons. The van der Waals surface area contributed by atoms with E-state index in [0.29, 0.717) is 34.2 Å². The van der Waals surface area contributed by atoms with Crippen molar-refractivity contribution in [3.05, 3.63) is 34.3 Å². The van der Waals surface area contributed by atoms with Crippen molar-refractivity contribution in [2.45, 2.75) is 26.7 Å². The lowest BCUT2D eigenvalue weighted by molar-refractivity contribution is 0.0848. The van der Waals surface area contributed by atoms with E-state index in [-0.39, 0.29) is 0 Å². The predicted molar refractivity (Wildman–Crippen MR) is 93.0 cm³/mol. The number of aromatic nitrogens is 2. The Labute approximate surface area is 149 Å². The minimum Gasteiger partial charge on any atom is -0.493 e. The lowest BCUT2D eigenvalue weighted by Crippen LogP contribution is -2.41. The van der Waals surface area contributed by atoms with E-state index in [4.69, 9.17) is 9.47 Å². The first kappa shape index (κ1) is 18.7. The first-order chi connectivity index (χ1) is 12.1. The highest BCUT2D eigenvalue weighted by atomic mass is 32.1. The summed E-state index contributed by atoms with van der Waals surface area (Å²) < 4.78 is 14.6. The molecule has 1 aromatic carbocycles. The van der Waals surface area contributed by atoms with Crippen molar-refractivity contribution in [3.63, 3.8) is 0 Å². The summed E-state index contributed by atoms with van der Waals surface area (Å²) in [6.07, 6.45) is 1.96. The largest absolute Gasteiger partial charge is 0.493 e. The number of hydrogen-bond donors (Lipinski definition) is 2. The third kappa shape index (κ3) is 4.90. The van der Waals surface area contributed by atoms with Gasteiger partial charge in [-0.05, 0) is 43.1 Å². The van der Waals surface area contributed by atoms with E-state index >= 15 is 0 Å². The van der Waals surface area contributed by atoms with Crippen molar-refractivity contribution in [2.24, 2.45) is 0 Å². The Bertz CT molecular complexity index is 747. The predicted octanol–water partition coefficient (Wildman–Crippen LogP) is 2.11. The molecule has 2 N–H and O–H groups in total. The maximum Gasteiger partial charge on any atom is 0.283 e. The van der Waals surface area contributed by atoms with Gasteiger partial charge in [-0.3, -0.25) is 20.4 Å². The molecule has 2 aromatic rings. The maximum atomic E-state index is 12.2. The molecule has 0 fully saturated rings. The lowest BCUT2D eigenvalue weighted by atomic mass is 10.2. The van der Waals surface area contributed by atoms with Crippen LogP contribution < -0.4 is 20.3 Å². The molecule has 0 radical (unpaired) electrons. The Morgan fingerprint density at radius 3 is 2.60 bits per heavy atom. The van der Waals surface area contributed by atoms with Gasteiger partial charge in [0.25, 0.3) is 11.8 Å². The van der Waals surface area contributed by atoms with Gasteiger partial charge in [0.1, 0.15) is 4.88 Å². The number of ether oxygens (including phenoxy) is 2. The van der Waals surface area contributed by atoms with Crippen LogP contribution in [0.5, 0.6) is 11.5 Å². The number of unbranched alkanes of at least 4 members (excludes halogenated alkanes) is 1. The minimum atomic E-state index is -0.470. The highest BCUT2D eigenvalue weighted by molar-refractivity contribution is 7.07. The number of hydrazine groups is 1. The average molecular weight is 364 g/mol. The van der Waals surface area contributed by atoms with Gasteiger partial charge in [0, 0.05) is 5.56 Å². The molecular formula is C16H20N4O4S. The molecule has 0 bridgehead atoms. The standard InChI is InChI=1S/C16H20N4O4S/c1-4-5-8-24-12-7-6-11(9-13(12)23-3)15(21)18-19-16(22)14-10(2)17-20-25-14/h6-7,9H,4-5,8H2,1-3H3,(H,18,21)(H,19,22). The van der Waals surface area contributed by atoms with Crippen molar-refractivity contribution < 1.29 is 19.1 Å². The fraction of sp³-hybridized carbons (Fsp3) is 0.375. The van der Waals surface area contributed by atoms with Crippen LogP contribution in [0.4, 0.5) is 0 Å². The number of nitrogens with one attached hydrogen (secondary N) is 2. The molecule has 1 heterocycles. The summed E-state index contributed by atoms with van der Waals surface area (Å²) in [6.45, 7) is 4.32. The summed E-state index contributed by atoms with van der Waals surface area (Å²) in [5.41, 5.74) is 5.53. The quantitative estimate of drug-likeness (QED) is 0.576. The topological polar surface area (TPSA) is 102 Å². The highest BCUT2D eigenvalue weighted by Crippen LogP contribution is 2.28. The van der Waals surface area contributed by atoms with Crippen molar-refractivity contribution in [3.8, 4) is 11.5 Å². The number of amides is 2. The van der Waals surface area contributed by atoms with Crippen molar-refractivity contribution in [1.82, 2.24) is 20.4 Å². The third-order valence-corrected chi connectivity index (χ3v) is 4.16. The lowest BCUT2D eigenvalue weighted by Gasteiger charge is -2.12. The SMILES string of the molecule is CCCCOc1ccc(C(=O)NNC(=O)c2snnc2C)cc1OC. The first-order valence-corrected chi connectivity index (χ1v) is 8.54. The number of rotatable bonds is 7. The van der Waals surface area contributed by atoms with E-state index in [9.17, 15) is 9.59 Å². The summed E-state index contributed by atoms with van der Waals surface area (Å²) in [7, 11) is 1.51. The van der Waals surface area contributed by atoms with Gasteiger partial charge in [-0.1, -0.05) is 17.8 Å². The molecule has 0 saturated carbocycles. The van der Waals surface area contributed by atoms with Crippen LogP contribution >= 0.6 is 11.5 Å². The smallest absolute Gasteiger partial charge is 0.283 e. The second-order valence-electron chi connectivity index (χ2n) is 5.16. The molecule has 8 nitrogen and oxygen atoms in total. The van der Waals surface area contributed by atoms with Crippen LogP contribution in [-0.4, -0.2) is 35.1 Å². The molecule has 0 unspecified atom stereocenters. The fourth-order valence-electron chi connectivity index (χ4n) is 1.94. The van der Waals surface area contributed by atoms with E-state index in [1.807, 2.05) is 0 Å². The Morgan fingerprint density at radius 1 is 1.20 bits per heavy atom. The summed E-state index contributed by atoms with van der Waals surface area (Å²) in [5.74, 6) is 0.0923. The molecule has 25 heavy (non-hydrogen) atoms. The number of nitrogens with zero attached hydrogens (tertiary/aromatic N) is 2. The van der Waals surface area contributed by atoms with Gasteiger partial charge in [-0.25, -0.2) is 0 Å². The minimum absolute atomic E-state index is 0.333. The Morgan fingerprint density at radius 2 is 1.96 bits per heavy atom. The zero-order chi connectivity index (χ0) is 18.2. The van der Waals surface area contributed by atoms with E-state index in [1.165, 1.54) is 7.11 Å². The Balaban J connectivity index is 1.99. The van der Waals surface area contributed by atoms with Crippen LogP contribution in [0.2, 0.25) is 0 Å². The zero-order valence-corrected chi connectivity index (χ0v) is 15.1. The van der Waals surface area contributed by atoms with Crippen LogP contribution in [0, 0.1) is 6.92 Å². The number of carbonyl (C=O) groups excluding carboxylic acids is 2. The highest BCUT2D eigenvalue weighted by Gasteiger charge is 2.15. The molecule has 2 rings (SSSR count). The van der Waals surface area contributed by atoms with E-state index in [0.717, 1.165) is 24.4 Å². The number of hydrogen-bond acceptors (Lipinski definition) is 7. The van der Waals surface area contributed by atoms with Gasteiger partial charge in [-0.2, -0.15) is 0 Å². The molecule has 0 atom stereocenters. The average Bonchev–Trinajstić information content (AvgIpc) is 3.05. The van der Waals surface area contributed by atoms with Crippen molar-refractivity contribution >= 4 is 23.3 Å². The Kier molecular flexibility index (Phi) is 6.70. The third-order valence-electron chi connectivity index (χ3n) is 3.33. The first-order valence-electron chi connectivity index (χ1n) is 7.77. The van der Waals surface area contributed by atoms with Crippen LogP contribution in [0.25, 0.3) is 0 Å². The number of methoxy groups -OCH3 is 1. The van der Waals surface area contributed by atoms with E-state index in [1.54, 1.807) is 25.1 Å². The monoisotopic (exact) mass is 364 g/mol. The van der Waals surface area contributed by atoms with Crippen LogP contribution in [0.3, 0.4) is 0 Å². The molecule has 0 spiro atoms. The summed E-state index contributed by atoms with van der Waals surface area (Å²) in [5, 5.41) is 3.75. The van der Waals surface area contributed by atoms with Gasteiger partial charge in [-0.15, -0.1) is 5.10 Å². The molecule has 0 aliphatic rings. The van der Waals surface area contributed by atoms with Crippen molar-refractivity contribution in [2.75, 3.05) is 13.7 Å². The molecular weight excluding hydrogens is 344 g/mol. The molecule has 1 aromatic heterocycles. The fourth-order valence-corrected chi connectivity index (χ4v) is 2.49. The van der Waals surface area contributed by atoms with Crippen LogP contribution in [0.1, 0.15) is 45.5 Å². The summed E-state index contributed by atoms with van der Waals surface area (Å²) in [4.78, 5) is 24.5. The molecule has 9 heteroatoms. The molecule has 2 amide bonds. The number of aryl methyl sites for hydroxylation is 1. The van der Waals surface area contributed by atoms with Gasteiger partial charge < -0.3 is 9.47 Å². The molecule has 0 aliphatic carbocycles. The van der Waals surface area contributed by atoms with Gasteiger partial charge in [0.2, 0.25) is 0 Å². The van der Waals surface area contributed by atoms with Gasteiger partial charge in [0.05, 0.1) is 19.4 Å². The molecule has 0 aliphatic heterocycles. The second-order valence-corrected chi connectivity index (χ2v) is 5.92. The van der Waals surface area contributed by atoms with Crippen LogP contribution in [-0.2, 0) is 0 Å². The van der Waals surface area contributed by atoms with Gasteiger partial charge in [0.15, 0.2) is 11.5 Å². The van der Waals surface area contributed by atoms with E-state index < -0.39 is 11.8 Å². The number of benzene rings is 1. The second kappa shape index (κ2) is 8.97. The normalized spacial score (nSPS) is 10.2. The Hall–Kier alpha value is -2.68.